The summed E-state index contributed by atoms with van der Waals surface area (Å²) in [5, 5.41) is 9.04. The molecule has 122 valence electrons. The first kappa shape index (κ1) is 16.7. The fourth-order valence-electron chi connectivity index (χ4n) is 3.62. The Morgan fingerprint density at radius 3 is 2.82 bits per heavy atom. The maximum absolute atomic E-state index is 11.8. The molecule has 0 radical (unpaired) electrons. The van der Waals surface area contributed by atoms with E-state index in [-0.39, 0.29) is 30.5 Å². The Hall–Kier alpha value is -1.62. The highest BCUT2D eigenvalue weighted by atomic mass is 16.6. The van der Waals surface area contributed by atoms with Gasteiger partial charge in [-0.2, -0.15) is 0 Å². The number of aliphatic hydroxyl groups is 1. The van der Waals surface area contributed by atoms with Crippen LogP contribution in [0.25, 0.3) is 0 Å². The number of fused-ring (bicyclic) bond motifs is 1. The van der Waals surface area contributed by atoms with Crippen molar-refractivity contribution in [2.45, 2.75) is 52.2 Å². The van der Waals surface area contributed by atoms with E-state index in [2.05, 4.69) is 13.5 Å². The van der Waals surface area contributed by atoms with Crippen LogP contribution < -0.4 is 0 Å². The SMILES string of the molecule is C=C1C(=O)OC2CC(C)=C(C(C)CCCO)C(OC(C)=O)C12. The molecule has 5 heteroatoms. The number of rotatable bonds is 5. The molecule has 4 atom stereocenters. The van der Waals surface area contributed by atoms with Crippen LogP contribution in [0.5, 0.6) is 0 Å². The molecule has 0 spiro atoms. The number of carbonyl (C=O) groups is 2. The summed E-state index contributed by atoms with van der Waals surface area (Å²) >= 11 is 0. The molecule has 1 heterocycles. The van der Waals surface area contributed by atoms with Crippen LogP contribution in [0, 0.1) is 11.8 Å². The van der Waals surface area contributed by atoms with Gasteiger partial charge in [-0.25, -0.2) is 4.79 Å². The first-order valence-electron chi connectivity index (χ1n) is 7.74. The minimum atomic E-state index is -0.496. The first-order chi connectivity index (χ1) is 10.4. The van der Waals surface area contributed by atoms with Crippen LogP contribution in [0.15, 0.2) is 23.3 Å². The van der Waals surface area contributed by atoms with Crippen LogP contribution in [0.1, 0.15) is 40.0 Å². The number of hydrogen-bond acceptors (Lipinski definition) is 5. The van der Waals surface area contributed by atoms with E-state index in [0.717, 1.165) is 17.6 Å². The Bertz CT molecular complexity index is 519. The quantitative estimate of drug-likeness (QED) is 0.478. The second kappa shape index (κ2) is 6.65. The van der Waals surface area contributed by atoms with E-state index in [1.54, 1.807) is 0 Å². The Balaban J connectivity index is 2.35. The first-order valence-corrected chi connectivity index (χ1v) is 7.74. The zero-order valence-corrected chi connectivity index (χ0v) is 13.4. The molecule has 5 nitrogen and oxygen atoms in total. The summed E-state index contributed by atoms with van der Waals surface area (Å²) in [5.41, 5.74) is 2.53. The molecule has 1 N–H and O–H groups in total. The predicted octanol–water partition coefficient (Wildman–Crippen LogP) is 2.14. The van der Waals surface area contributed by atoms with E-state index in [9.17, 15) is 9.59 Å². The lowest BCUT2D eigenvalue weighted by molar-refractivity contribution is -0.148. The highest BCUT2D eigenvalue weighted by Gasteiger charge is 2.49. The highest BCUT2D eigenvalue weighted by molar-refractivity contribution is 5.91. The Labute approximate surface area is 131 Å². The summed E-state index contributed by atoms with van der Waals surface area (Å²) in [6, 6.07) is 0. The van der Waals surface area contributed by atoms with Crippen molar-refractivity contribution < 1.29 is 24.2 Å². The van der Waals surface area contributed by atoms with Gasteiger partial charge in [0.2, 0.25) is 0 Å². The van der Waals surface area contributed by atoms with Crippen molar-refractivity contribution in [2.24, 2.45) is 11.8 Å². The van der Waals surface area contributed by atoms with Gasteiger partial charge < -0.3 is 14.6 Å². The van der Waals surface area contributed by atoms with Gasteiger partial charge in [-0.3, -0.25) is 4.79 Å². The van der Waals surface area contributed by atoms with E-state index in [4.69, 9.17) is 14.6 Å². The maximum atomic E-state index is 11.8. The van der Waals surface area contributed by atoms with Gasteiger partial charge >= 0.3 is 11.9 Å². The number of carbonyl (C=O) groups excluding carboxylic acids is 2. The van der Waals surface area contributed by atoms with E-state index in [0.29, 0.717) is 18.4 Å². The highest BCUT2D eigenvalue weighted by Crippen LogP contribution is 2.44. The molecule has 4 unspecified atom stereocenters. The molecule has 0 aromatic carbocycles. The van der Waals surface area contributed by atoms with Gasteiger partial charge in [-0.1, -0.05) is 19.1 Å². The van der Waals surface area contributed by atoms with Crippen molar-refractivity contribution in [2.75, 3.05) is 6.61 Å². The maximum Gasteiger partial charge on any atom is 0.334 e. The molecule has 1 aliphatic carbocycles. The summed E-state index contributed by atoms with van der Waals surface area (Å²) in [7, 11) is 0. The number of esters is 2. The summed E-state index contributed by atoms with van der Waals surface area (Å²) in [6.07, 6.45) is 1.35. The Morgan fingerprint density at radius 1 is 1.55 bits per heavy atom. The number of aliphatic hydroxyl groups excluding tert-OH is 1. The van der Waals surface area contributed by atoms with E-state index >= 15 is 0 Å². The van der Waals surface area contributed by atoms with Crippen molar-refractivity contribution in [1.29, 1.82) is 0 Å². The van der Waals surface area contributed by atoms with Crippen molar-refractivity contribution in [3.8, 4) is 0 Å². The molecule has 1 saturated heterocycles. The molecule has 1 fully saturated rings. The number of ether oxygens (including phenoxy) is 2. The molecule has 0 aromatic rings. The lowest BCUT2D eigenvalue weighted by Gasteiger charge is -2.37. The minimum absolute atomic E-state index is 0.134. The normalized spacial score (nSPS) is 29.2. The molecular weight excluding hydrogens is 284 g/mol. The second-order valence-electron chi connectivity index (χ2n) is 6.23. The third kappa shape index (κ3) is 3.09. The molecule has 0 amide bonds. The molecule has 0 saturated carbocycles. The van der Waals surface area contributed by atoms with Gasteiger partial charge in [0.15, 0.2) is 0 Å². The Kier molecular flexibility index (Phi) is 5.06. The molecule has 2 aliphatic rings. The molecular formula is C17H24O5. The second-order valence-corrected chi connectivity index (χ2v) is 6.23. The van der Waals surface area contributed by atoms with Crippen LogP contribution in [-0.2, 0) is 19.1 Å². The zero-order valence-electron chi connectivity index (χ0n) is 13.4. The van der Waals surface area contributed by atoms with Gasteiger partial charge in [-0.15, -0.1) is 0 Å². The summed E-state index contributed by atoms with van der Waals surface area (Å²) in [5.74, 6) is -0.908. The fourth-order valence-corrected chi connectivity index (χ4v) is 3.62. The average Bonchev–Trinajstić information content (AvgIpc) is 2.70. The van der Waals surface area contributed by atoms with Crippen molar-refractivity contribution >= 4 is 11.9 Å². The molecule has 1 aliphatic heterocycles. The van der Waals surface area contributed by atoms with Crippen LogP contribution >= 0.6 is 0 Å². The van der Waals surface area contributed by atoms with Crippen molar-refractivity contribution in [1.82, 2.24) is 0 Å². The lowest BCUT2D eigenvalue weighted by atomic mass is 9.73. The van der Waals surface area contributed by atoms with Crippen molar-refractivity contribution in [3.05, 3.63) is 23.3 Å². The molecule has 0 aromatic heterocycles. The lowest BCUT2D eigenvalue weighted by Crippen LogP contribution is -2.40. The van der Waals surface area contributed by atoms with Gasteiger partial charge in [0.25, 0.3) is 0 Å². The van der Waals surface area contributed by atoms with Crippen molar-refractivity contribution in [3.63, 3.8) is 0 Å². The van der Waals surface area contributed by atoms with Gasteiger partial charge in [0.05, 0.1) is 5.92 Å². The summed E-state index contributed by atoms with van der Waals surface area (Å²) < 4.78 is 10.9. The van der Waals surface area contributed by atoms with E-state index in [1.165, 1.54) is 6.92 Å². The third-order valence-electron chi connectivity index (χ3n) is 4.58. The molecule has 22 heavy (non-hydrogen) atoms. The van der Waals surface area contributed by atoms with E-state index in [1.807, 2.05) is 6.92 Å². The fraction of sp³-hybridized carbons (Fsp3) is 0.647. The van der Waals surface area contributed by atoms with Gasteiger partial charge in [0.1, 0.15) is 12.2 Å². The standard InChI is InChI=1S/C17H24O5/c1-9(6-5-7-18)14-10(2)8-13-15(11(3)17(20)22-13)16(14)21-12(4)19/h9,13,15-16,18H,3,5-8H2,1-2,4H3. The Morgan fingerprint density at radius 2 is 2.23 bits per heavy atom. The van der Waals surface area contributed by atoms with E-state index < -0.39 is 12.1 Å². The minimum Gasteiger partial charge on any atom is -0.458 e. The predicted molar refractivity (Wildman–Crippen MR) is 80.9 cm³/mol. The molecule has 0 bridgehead atoms. The molecule has 2 rings (SSSR count). The van der Waals surface area contributed by atoms with Crippen LogP contribution in [0.3, 0.4) is 0 Å². The summed E-state index contributed by atoms with van der Waals surface area (Å²) in [4.78, 5) is 23.4. The van der Waals surface area contributed by atoms with Crippen LogP contribution in [0.2, 0.25) is 0 Å². The number of hydrogen-bond donors (Lipinski definition) is 1. The third-order valence-corrected chi connectivity index (χ3v) is 4.58. The van der Waals surface area contributed by atoms with Crippen LogP contribution in [-0.4, -0.2) is 35.9 Å². The average molecular weight is 308 g/mol. The summed E-state index contributed by atoms with van der Waals surface area (Å²) in [6.45, 7) is 9.39. The van der Waals surface area contributed by atoms with Gasteiger partial charge in [0, 0.05) is 25.5 Å². The monoisotopic (exact) mass is 308 g/mol. The zero-order chi connectivity index (χ0) is 16.4. The smallest absolute Gasteiger partial charge is 0.334 e. The topological polar surface area (TPSA) is 72.8 Å². The van der Waals surface area contributed by atoms with Crippen LogP contribution in [0.4, 0.5) is 0 Å². The van der Waals surface area contributed by atoms with Gasteiger partial charge in [-0.05, 0) is 31.3 Å². The largest absolute Gasteiger partial charge is 0.458 e.